The minimum absolute atomic E-state index is 0.0638. The molecule has 5 heterocycles. The molecule has 0 unspecified atom stereocenters. The van der Waals surface area contributed by atoms with E-state index in [1.54, 1.807) is 6.20 Å². The van der Waals surface area contributed by atoms with Crippen molar-refractivity contribution in [3.05, 3.63) is 40.7 Å². The minimum Gasteiger partial charge on any atom is -0.390 e. The van der Waals surface area contributed by atoms with E-state index in [9.17, 15) is 14.8 Å². The summed E-state index contributed by atoms with van der Waals surface area (Å²) in [5, 5.41) is 21.3. The van der Waals surface area contributed by atoms with Gasteiger partial charge in [-0.1, -0.05) is 0 Å². The molecule has 2 aliphatic heterocycles. The SMILES string of the molecule is CC(C)N(C)[C@H]1CN(c2ncc3c4c(c(-c5ncc(F)c6sc(N)c(C#N)c56)c(F)c3n2)COC4)C[C@H]1O. The molecule has 9 nitrogen and oxygen atoms in total. The van der Waals surface area contributed by atoms with Crippen LogP contribution in [0.15, 0.2) is 12.4 Å². The van der Waals surface area contributed by atoms with Gasteiger partial charge in [0.2, 0.25) is 5.95 Å². The number of nitrogens with zero attached hydrogens (tertiary/aromatic N) is 6. The average molecular weight is 538 g/mol. The van der Waals surface area contributed by atoms with Crippen molar-refractivity contribution in [2.24, 2.45) is 0 Å². The lowest BCUT2D eigenvalue weighted by atomic mass is 9.94. The van der Waals surface area contributed by atoms with Gasteiger partial charge in [0.1, 0.15) is 16.6 Å². The van der Waals surface area contributed by atoms with Crippen molar-refractivity contribution in [2.45, 2.75) is 45.2 Å². The average Bonchev–Trinajstić information content (AvgIpc) is 3.61. The highest BCUT2D eigenvalue weighted by molar-refractivity contribution is 7.23. The fourth-order valence-electron chi connectivity index (χ4n) is 5.41. The van der Waals surface area contributed by atoms with Crippen LogP contribution in [-0.2, 0) is 18.0 Å². The number of hydrogen-bond acceptors (Lipinski definition) is 10. The number of halogens is 2. The highest BCUT2D eigenvalue weighted by Crippen LogP contribution is 2.45. The predicted molar refractivity (Wildman–Crippen MR) is 141 cm³/mol. The monoisotopic (exact) mass is 537 g/mol. The third-order valence-corrected chi connectivity index (χ3v) is 8.64. The molecule has 2 aliphatic rings. The van der Waals surface area contributed by atoms with E-state index in [1.165, 1.54) is 0 Å². The molecule has 4 aromatic rings. The summed E-state index contributed by atoms with van der Waals surface area (Å²) < 4.78 is 36.9. The maximum absolute atomic E-state index is 16.5. The number of ether oxygens (including phenoxy) is 1. The molecule has 3 aromatic heterocycles. The third-order valence-electron chi connectivity index (χ3n) is 7.61. The van der Waals surface area contributed by atoms with Gasteiger partial charge in [-0.2, -0.15) is 5.26 Å². The summed E-state index contributed by atoms with van der Waals surface area (Å²) in [5.74, 6) is -0.985. The first-order valence-corrected chi connectivity index (χ1v) is 13.0. The van der Waals surface area contributed by atoms with Gasteiger partial charge in [0.25, 0.3) is 0 Å². The number of likely N-dealkylation sites (N-methyl/N-ethyl adjacent to an activating group) is 1. The molecule has 1 fully saturated rings. The number of nitriles is 1. The van der Waals surface area contributed by atoms with Crippen LogP contribution >= 0.6 is 11.3 Å². The van der Waals surface area contributed by atoms with Gasteiger partial charge in [0, 0.05) is 41.7 Å². The maximum Gasteiger partial charge on any atom is 0.226 e. The number of fused-ring (bicyclic) bond motifs is 4. The summed E-state index contributed by atoms with van der Waals surface area (Å²) in [6, 6.07) is 2.13. The van der Waals surface area contributed by atoms with E-state index in [0.717, 1.165) is 23.1 Å². The van der Waals surface area contributed by atoms with Crippen LogP contribution in [0.25, 0.3) is 32.2 Å². The lowest BCUT2D eigenvalue weighted by molar-refractivity contribution is 0.0823. The van der Waals surface area contributed by atoms with Crippen LogP contribution in [0.3, 0.4) is 0 Å². The van der Waals surface area contributed by atoms with Crippen LogP contribution in [0.2, 0.25) is 0 Å². The van der Waals surface area contributed by atoms with Crippen LogP contribution in [0.1, 0.15) is 30.5 Å². The second-order valence-electron chi connectivity index (χ2n) is 9.98. The molecule has 0 amide bonds. The van der Waals surface area contributed by atoms with Gasteiger partial charge in [0.15, 0.2) is 11.6 Å². The molecule has 0 bridgehead atoms. The van der Waals surface area contributed by atoms with Gasteiger partial charge < -0.3 is 20.5 Å². The van der Waals surface area contributed by atoms with E-state index in [1.807, 2.05) is 18.0 Å². The number of nitrogen functional groups attached to an aromatic ring is 1. The quantitative estimate of drug-likeness (QED) is 0.402. The van der Waals surface area contributed by atoms with Gasteiger partial charge in [-0.15, -0.1) is 11.3 Å². The Balaban J connectivity index is 1.54. The molecule has 1 aromatic carbocycles. The molecule has 12 heteroatoms. The summed E-state index contributed by atoms with van der Waals surface area (Å²) in [4.78, 5) is 17.3. The topological polar surface area (TPSA) is 124 Å². The molecule has 3 N–H and O–H groups in total. The molecule has 0 aliphatic carbocycles. The minimum atomic E-state index is -0.655. The van der Waals surface area contributed by atoms with Gasteiger partial charge in [-0.25, -0.2) is 18.7 Å². The van der Waals surface area contributed by atoms with Gasteiger partial charge >= 0.3 is 0 Å². The Hall–Kier alpha value is -3.50. The van der Waals surface area contributed by atoms with E-state index in [-0.39, 0.29) is 62.7 Å². The highest BCUT2D eigenvalue weighted by atomic mass is 32.1. The van der Waals surface area contributed by atoms with Gasteiger partial charge in [-0.3, -0.25) is 9.88 Å². The summed E-state index contributed by atoms with van der Waals surface area (Å²) in [5.41, 5.74) is 7.68. The van der Waals surface area contributed by atoms with Crippen molar-refractivity contribution in [2.75, 3.05) is 30.8 Å². The lowest BCUT2D eigenvalue weighted by Crippen LogP contribution is -2.44. The molecule has 0 spiro atoms. The first kappa shape index (κ1) is 24.8. The Morgan fingerprint density at radius 3 is 2.74 bits per heavy atom. The Bertz CT molecular complexity index is 1650. The van der Waals surface area contributed by atoms with Crippen molar-refractivity contribution in [1.82, 2.24) is 19.9 Å². The number of aliphatic hydroxyl groups is 1. The van der Waals surface area contributed by atoms with E-state index in [2.05, 4.69) is 33.7 Å². The number of pyridine rings is 1. The Morgan fingerprint density at radius 2 is 2.00 bits per heavy atom. The van der Waals surface area contributed by atoms with Gasteiger partial charge in [-0.05, 0) is 32.0 Å². The Kier molecular flexibility index (Phi) is 5.92. The first-order valence-electron chi connectivity index (χ1n) is 12.2. The molecular formula is C26H25F2N7O2S. The van der Waals surface area contributed by atoms with Crippen molar-refractivity contribution in [3.63, 3.8) is 0 Å². The molecule has 38 heavy (non-hydrogen) atoms. The van der Waals surface area contributed by atoms with E-state index in [4.69, 9.17) is 10.5 Å². The summed E-state index contributed by atoms with van der Waals surface area (Å²) in [7, 11) is 1.96. The number of aliphatic hydroxyl groups excluding tert-OH is 1. The third kappa shape index (κ3) is 3.61. The number of rotatable bonds is 4. The standard InChI is InChI=1S/C26H25F2N7O2S/c1-11(2)34(3)17-7-35(8-18(17)36)26-32-5-13-14-9-37-10-15(14)19(21(28)22(13)33-26)23-20-12(4-29)25(30)38-24(20)16(27)6-31-23/h5-6,11,17-18,36H,7-10,30H2,1-3H3/t17-,18+/m0/s1. The number of β-amino-alcohol motifs (C(OH)–C–C–N with tert-alkyl or cyclic N) is 1. The lowest BCUT2D eigenvalue weighted by Gasteiger charge is -2.29. The molecule has 1 saturated heterocycles. The van der Waals surface area contributed by atoms with Crippen molar-refractivity contribution >= 4 is 43.3 Å². The number of nitrogens with two attached hydrogens (primary N) is 1. The van der Waals surface area contributed by atoms with Crippen LogP contribution in [-0.4, -0.2) is 63.3 Å². The van der Waals surface area contributed by atoms with Crippen molar-refractivity contribution < 1.29 is 18.6 Å². The largest absolute Gasteiger partial charge is 0.390 e. The van der Waals surface area contributed by atoms with Crippen LogP contribution in [0.5, 0.6) is 0 Å². The molecule has 2 atom stereocenters. The van der Waals surface area contributed by atoms with E-state index >= 15 is 4.39 Å². The summed E-state index contributed by atoms with van der Waals surface area (Å²) in [6.07, 6.45) is 1.99. The summed E-state index contributed by atoms with van der Waals surface area (Å²) >= 11 is 0.932. The second kappa shape index (κ2) is 9.06. The van der Waals surface area contributed by atoms with E-state index in [0.29, 0.717) is 30.0 Å². The molecule has 0 saturated carbocycles. The van der Waals surface area contributed by atoms with Crippen molar-refractivity contribution in [3.8, 4) is 17.3 Å². The fraction of sp³-hybridized carbons (Fsp3) is 0.385. The number of aromatic nitrogens is 3. The van der Waals surface area contributed by atoms with Gasteiger partial charge in [0.05, 0.1) is 47.5 Å². The Labute approximate surface area is 221 Å². The normalized spacial score (nSPS) is 19.3. The van der Waals surface area contributed by atoms with Crippen LogP contribution in [0, 0.1) is 23.0 Å². The molecular weight excluding hydrogens is 512 g/mol. The zero-order valence-corrected chi connectivity index (χ0v) is 21.8. The zero-order chi connectivity index (χ0) is 26.9. The number of anilines is 2. The second-order valence-corrected chi connectivity index (χ2v) is 11.0. The Morgan fingerprint density at radius 1 is 1.24 bits per heavy atom. The molecule has 196 valence electrons. The van der Waals surface area contributed by atoms with Crippen LogP contribution < -0.4 is 10.6 Å². The first-order chi connectivity index (χ1) is 18.2. The number of hydrogen-bond donors (Lipinski definition) is 2. The summed E-state index contributed by atoms with van der Waals surface area (Å²) in [6.45, 7) is 5.27. The zero-order valence-electron chi connectivity index (χ0n) is 21.0. The highest BCUT2D eigenvalue weighted by Gasteiger charge is 2.37. The number of thiophene rings is 1. The van der Waals surface area contributed by atoms with Crippen molar-refractivity contribution in [1.29, 1.82) is 5.26 Å². The maximum atomic E-state index is 16.5. The smallest absolute Gasteiger partial charge is 0.226 e. The fourth-order valence-corrected chi connectivity index (χ4v) is 6.33. The number of benzene rings is 1. The molecule has 0 radical (unpaired) electrons. The molecule has 6 rings (SSSR count). The van der Waals surface area contributed by atoms with E-state index < -0.39 is 17.7 Å². The predicted octanol–water partition coefficient (Wildman–Crippen LogP) is 3.56. The van der Waals surface area contributed by atoms with Crippen LogP contribution in [0.4, 0.5) is 19.7 Å².